The molecule has 0 N–H and O–H groups in total. The van der Waals surface area contributed by atoms with Crippen LogP contribution in [-0.2, 0) is 0 Å². The molecule has 0 radical (unpaired) electrons. The molecule has 0 aliphatic carbocycles. The molecule has 0 atom stereocenters. The van der Waals surface area contributed by atoms with Crippen molar-refractivity contribution in [3.8, 4) is 0 Å². The first-order valence-electron chi connectivity index (χ1n) is 5.42. The van der Waals surface area contributed by atoms with E-state index in [1.807, 2.05) is 14.0 Å². The molecule has 0 unspecified atom stereocenters. The number of nitrogens with zero attached hydrogens (tertiary/aromatic N) is 1. The fourth-order valence-electron chi connectivity index (χ4n) is 1.24. The second kappa shape index (κ2) is 7.54. The zero-order chi connectivity index (χ0) is 11.0. The Labute approximate surface area is 88.6 Å². The minimum absolute atomic E-state index is 0.651. The van der Waals surface area contributed by atoms with Gasteiger partial charge in [0.1, 0.15) is 0 Å². The maximum atomic E-state index is 4.08. The largest absolute Gasteiger partial charge is 0.293 e. The van der Waals surface area contributed by atoms with Crippen LogP contribution in [0.4, 0.5) is 0 Å². The highest BCUT2D eigenvalue weighted by Gasteiger charge is 1.99. The minimum Gasteiger partial charge on any atom is -0.293 e. The summed E-state index contributed by atoms with van der Waals surface area (Å²) in [6, 6.07) is 0. The first-order chi connectivity index (χ1) is 6.61. The molecule has 0 rings (SSSR count). The Morgan fingerprint density at radius 1 is 1.36 bits per heavy atom. The van der Waals surface area contributed by atoms with Crippen LogP contribution >= 0.6 is 0 Å². The number of rotatable bonds is 5. The van der Waals surface area contributed by atoms with Crippen molar-refractivity contribution in [1.82, 2.24) is 0 Å². The van der Waals surface area contributed by atoms with E-state index in [9.17, 15) is 0 Å². The van der Waals surface area contributed by atoms with Crippen molar-refractivity contribution in [2.24, 2.45) is 10.9 Å². The van der Waals surface area contributed by atoms with E-state index in [4.69, 9.17) is 0 Å². The summed E-state index contributed by atoms with van der Waals surface area (Å²) >= 11 is 0. The van der Waals surface area contributed by atoms with Crippen molar-refractivity contribution in [3.05, 3.63) is 23.8 Å². The van der Waals surface area contributed by atoms with E-state index in [2.05, 4.69) is 44.0 Å². The van der Waals surface area contributed by atoms with Crippen molar-refractivity contribution in [1.29, 1.82) is 0 Å². The Bertz CT molecular complexity index is 232. The molecule has 1 heteroatoms. The molecule has 0 saturated heterocycles. The Morgan fingerprint density at radius 3 is 2.43 bits per heavy atom. The number of aliphatic imine (C=N–C) groups is 1. The highest BCUT2D eigenvalue weighted by atomic mass is 14.7. The lowest BCUT2D eigenvalue weighted by atomic mass is 9.98. The van der Waals surface area contributed by atoms with Gasteiger partial charge < -0.3 is 0 Å². The molecule has 0 aliphatic rings. The molecule has 0 fully saturated rings. The molecule has 0 aromatic rings. The molecular weight excluding hydrogens is 170 g/mol. The molecule has 0 saturated carbocycles. The Hall–Kier alpha value is -0.850. The van der Waals surface area contributed by atoms with E-state index in [1.165, 1.54) is 18.4 Å². The van der Waals surface area contributed by atoms with Crippen LogP contribution in [0, 0.1) is 5.92 Å². The molecule has 14 heavy (non-hydrogen) atoms. The van der Waals surface area contributed by atoms with Gasteiger partial charge in [0.2, 0.25) is 0 Å². The summed E-state index contributed by atoms with van der Waals surface area (Å²) in [7, 11) is 1.82. The summed E-state index contributed by atoms with van der Waals surface area (Å²) < 4.78 is 0. The van der Waals surface area contributed by atoms with Crippen molar-refractivity contribution in [3.63, 3.8) is 0 Å². The van der Waals surface area contributed by atoms with Gasteiger partial charge in [0, 0.05) is 12.8 Å². The molecule has 0 aromatic carbocycles. The van der Waals surface area contributed by atoms with Gasteiger partial charge in [-0.15, -0.1) is 0 Å². The number of hydrogen-bond acceptors (Lipinski definition) is 1. The van der Waals surface area contributed by atoms with E-state index in [1.54, 1.807) is 0 Å². The lowest BCUT2D eigenvalue weighted by Gasteiger charge is -2.08. The monoisotopic (exact) mass is 193 g/mol. The van der Waals surface area contributed by atoms with Gasteiger partial charge in [-0.1, -0.05) is 44.9 Å². The topological polar surface area (TPSA) is 12.4 Å². The Morgan fingerprint density at radius 2 is 2.00 bits per heavy atom. The van der Waals surface area contributed by atoms with E-state index >= 15 is 0 Å². The van der Waals surface area contributed by atoms with Crippen molar-refractivity contribution in [2.45, 2.75) is 40.5 Å². The molecular formula is C13H23N. The number of allylic oxidation sites excluding steroid dienone is 4. The standard InChI is InChI=1S/C13H23N/c1-6-8-13(11(2)3)10-7-9-12(4)14-5/h7,9-11H,6,8H2,1-5H3/b9-7-,13-10+,14-12+. The summed E-state index contributed by atoms with van der Waals surface area (Å²) in [5.41, 5.74) is 2.59. The van der Waals surface area contributed by atoms with Gasteiger partial charge >= 0.3 is 0 Å². The highest BCUT2D eigenvalue weighted by Crippen LogP contribution is 2.15. The van der Waals surface area contributed by atoms with Gasteiger partial charge in [-0.05, 0) is 25.3 Å². The third-order valence-electron chi connectivity index (χ3n) is 2.28. The van der Waals surface area contributed by atoms with Gasteiger partial charge in [0.05, 0.1) is 0 Å². The molecule has 1 nitrogen and oxygen atoms in total. The Kier molecular flexibility index (Phi) is 7.09. The van der Waals surface area contributed by atoms with Crippen LogP contribution in [0.25, 0.3) is 0 Å². The predicted molar refractivity (Wildman–Crippen MR) is 66.0 cm³/mol. The van der Waals surface area contributed by atoms with Crippen LogP contribution in [0.15, 0.2) is 28.8 Å². The lowest BCUT2D eigenvalue weighted by molar-refractivity contribution is 0.702. The normalized spacial score (nSPS) is 14.4. The number of hydrogen-bond donors (Lipinski definition) is 0. The summed E-state index contributed by atoms with van der Waals surface area (Å²) in [6.45, 7) is 8.73. The molecule has 0 heterocycles. The molecule has 0 spiro atoms. The molecule has 0 aromatic heterocycles. The van der Waals surface area contributed by atoms with Gasteiger partial charge in [-0.3, -0.25) is 4.99 Å². The Balaban J connectivity index is 4.36. The minimum atomic E-state index is 0.651. The highest BCUT2D eigenvalue weighted by molar-refractivity contribution is 5.92. The summed E-state index contributed by atoms with van der Waals surface area (Å²) in [6.07, 6.45) is 8.80. The zero-order valence-corrected chi connectivity index (χ0v) is 10.2. The molecule has 80 valence electrons. The van der Waals surface area contributed by atoms with Crippen LogP contribution < -0.4 is 0 Å². The fourth-order valence-corrected chi connectivity index (χ4v) is 1.24. The van der Waals surface area contributed by atoms with Crippen LogP contribution in [0.3, 0.4) is 0 Å². The summed E-state index contributed by atoms with van der Waals surface area (Å²) in [5, 5.41) is 0. The van der Waals surface area contributed by atoms with Crippen molar-refractivity contribution >= 4 is 5.71 Å². The van der Waals surface area contributed by atoms with E-state index in [-0.39, 0.29) is 0 Å². The smallest absolute Gasteiger partial charge is 0.0313 e. The third kappa shape index (κ3) is 5.74. The molecule has 0 amide bonds. The van der Waals surface area contributed by atoms with Gasteiger partial charge in [-0.25, -0.2) is 0 Å². The molecule has 0 bridgehead atoms. The SMILES string of the molecule is CCC\C(=C/C=C\C(C)=N\C)C(C)C. The quantitative estimate of drug-likeness (QED) is 0.462. The maximum Gasteiger partial charge on any atom is 0.0313 e. The summed E-state index contributed by atoms with van der Waals surface area (Å²) in [5.74, 6) is 0.651. The van der Waals surface area contributed by atoms with Crippen LogP contribution in [0.1, 0.15) is 40.5 Å². The van der Waals surface area contributed by atoms with Crippen molar-refractivity contribution < 1.29 is 0 Å². The average molecular weight is 193 g/mol. The predicted octanol–water partition coefficient (Wildman–Crippen LogP) is 4.02. The van der Waals surface area contributed by atoms with Crippen LogP contribution in [0.5, 0.6) is 0 Å². The first-order valence-corrected chi connectivity index (χ1v) is 5.42. The average Bonchev–Trinajstić information content (AvgIpc) is 2.16. The fraction of sp³-hybridized carbons (Fsp3) is 0.615. The van der Waals surface area contributed by atoms with Crippen LogP contribution in [0.2, 0.25) is 0 Å². The summed E-state index contributed by atoms with van der Waals surface area (Å²) in [4.78, 5) is 4.08. The lowest BCUT2D eigenvalue weighted by Crippen LogP contribution is -1.93. The van der Waals surface area contributed by atoms with Crippen LogP contribution in [-0.4, -0.2) is 12.8 Å². The van der Waals surface area contributed by atoms with E-state index < -0.39 is 0 Å². The van der Waals surface area contributed by atoms with E-state index in [0.717, 1.165) is 5.71 Å². The third-order valence-corrected chi connectivity index (χ3v) is 2.28. The molecule has 0 aliphatic heterocycles. The zero-order valence-electron chi connectivity index (χ0n) is 10.2. The second-order valence-electron chi connectivity index (χ2n) is 3.87. The van der Waals surface area contributed by atoms with Gasteiger partial charge in [-0.2, -0.15) is 0 Å². The van der Waals surface area contributed by atoms with Gasteiger partial charge in [0.15, 0.2) is 0 Å². The maximum absolute atomic E-state index is 4.08. The van der Waals surface area contributed by atoms with E-state index in [0.29, 0.717) is 5.92 Å². The van der Waals surface area contributed by atoms with Gasteiger partial charge in [0.25, 0.3) is 0 Å². The first kappa shape index (κ1) is 13.2. The van der Waals surface area contributed by atoms with Crippen molar-refractivity contribution in [2.75, 3.05) is 7.05 Å². The second-order valence-corrected chi connectivity index (χ2v) is 3.87.